The lowest BCUT2D eigenvalue weighted by molar-refractivity contribution is 0.0448. The molecule has 216 valence electrons. The van der Waals surface area contributed by atoms with Gasteiger partial charge in [-0.15, -0.1) is 0 Å². The molecule has 4 heterocycles. The zero-order valence-electron chi connectivity index (χ0n) is 24.5. The lowest BCUT2D eigenvalue weighted by Crippen LogP contribution is -2.54. The molecule has 3 aromatic heterocycles. The summed E-state index contributed by atoms with van der Waals surface area (Å²) in [7, 11) is 1.66. The van der Waals surface area contributed by atoms with Crippen LogP contribution in [0, 0.1) is 6.92 Å². The molecule has 1 saturated heterocycles. The molecule has 41 heavy (non-hydrogen) atoms. The van der Waals surface area contributed by atoms with Crippen LogP contribution in [-0.2, 0) is 11.3 Å². The summed E-state index contributed by atoms with van der Waals surface area (Å²) >= 11 is 0. The number of fused-ring (bicyclic) bond motifs is 1. The molecule has 0 aliphatic carbocycles. The number of pyridine rings is 1. The number of nitrogens with zero attached hydrogens (tertiary/aromatic N) is 5. The Balaban J connectivity index is 1.27. The van der Waals surface area contributed by atoms with E-state index in [0.29, 0.717) is 17.7 Å². The van der Waals surface area contributed by atoms with Crippen LogP contribution in [0.2, 0.25) is 0 Å². The molecule has 1 fully saturated rings. The summed E-state index contributed by atoms with van der Waals surface area (Å²) < 4.78 is 10.7. The molecular weight excluding hydrogens is 520 g/mol. The van der Waals surface area contributed by atoms with Crippen LogP contribution in [0.25, 0.3) is 22.4 Å². The highest BCUT2D eigenvalue weighted by atomic mass is 16.6. The van der Waals surface area contributed by atoms with E-state index in [9.17, 15) is 4.79 Å². The van der Waals surface area contributed by atoms with Crippen LogP contribution in [-0.4, -0.2) is 62.6 Å². The smallest absolute Gasteiger partial charge is 0.408 e. The maximum absolute atomic E-state index is 12.3. The van der Waals surface area contributed by atoms with Gasteiger partial charge in [-0.3, -0.25) is 5.10 Å². The third-order valence-electron chi connectivity index (χ3n) is 7.34. The minimum atomic E-state index is -0.529. The minimum Gasteiger partial charge on any atom is -0.497 e. The van der Waals surface area contributed by atoms with Gasteiger partial charge in [-0.05, 0) is 71.2 Å². The number of hydrogen-bond acceptors (Lipinski definition) is 9. The average Bonchev–Trinajstić information content (AvgIpc) is 3.35. The third-order valence-corrected chi connectivity index (χ3v) is 7.34. The number of rotatable bonds is 7. The number of ether oxygens (including phenoxy) is 2. The van der Waals surface area contributed by atoms with Gasteiger partial charge in [0.2, 0.25) is 5.65 Å². The molecule has 0 saturated carbocycles. The number of alkyl carbamates (subject to hydrolysis) is 1. The minimum absolute atomic E-state index is 0.339. The fourth-order valence-corrected chi connectivity index (χ4v) is 4.94. The summed E-state index contributed by atoms with van der Waals surface area (Å²) in [5, 5.41) is 14.1. The van der Waals surface area contributed by atoms with E-state index < -0.39 is 5.60 Å². The van der Waals surface area contributed by atoms with E-state index in [2.05, 4.69) is 37.6 Å². The third kappa shape index (κ3) is 6.50. The van der Waals surface area contributed by atoms with E-state index in [1.165, 1.54) is 0 Å². The molecule has 0 atom stereocenters. The maximum Gasteiger partial charge on any atom is 0.408 e. The first kappa shape index (κ1) is 28.1. The van der Waals surface area contributed by atoms with Gasteiger partial charge in [0.1, 0.15) is 28.5 Å². The van der Waals surface area contributed by atoms with Crippen LogP contribution in [0.1, 0.15) is 51.7 Å². The summed E-state index contributed by atoms with van der Waals surface area (Å²) in [4.78, 5) is 28.6. The van der Waals surface area contributed by atoms with Crippen molar-refractivity contribution in [2.45, 2.75) is 65.1 Å². The number of H-pyrrole nitrogens is 1. The van der Waals surface area contributed by atoms with Gasteiger partial charge in [-0.2, -0.15) is 5.10 Å². The van der Waals surface area contributed by atoms with E-state index in [1.807, 2.05) is 58.0 Å². The molecule has 11 nitrogen and oxygen atoms in total. The highest BCUT2D eigenvalue weighted by Crippen LogP contribution is 2.31. The van der Waals surface area contributed by atoms with Crippen LogP contribution in [0.5, 0.6) is 5.75 Å². The largest absolute Gasteiger partial charge is 0.497 e. The SMILES string of the molecule is COc1ccc(CNc2nccc(-c3[nH]nc4nc(N5CCC(C)(NC(=O)OC(C)(C)C)CC5)cnc34)c2C)cc1. The monoisotopic (exact) mass is 558 g/mol. The molecule has 0 radical (unpaired) electrons. The van der Waals surface area contributed by atoms with Gasteiger partial charge < -0.3 is 25.0 Å². The van der Waals surface area contributed by atoms with Crippen LogP contribution in [0.3, 0.4) is 0 Å². The highest BCUT2D eigenvalue weighted by Gasteiger charge is 2.33. The molecule has 0 spiro atoms. The second-order valence-electron chi connectivity index (χ2n) is 11.7. The Morgan fingerprint density at radius 1 is 1.12 bits per heavy atom. The van der Waals surface area contributed by atoms with E-state index in [-0.39, 0.29) is 11.6 Å². The first-order valence-corrected chi connectivity index (χ1v) is 13.8. The summed E-state index contributed by atoms with van der Waals surface area (Å²) in [6.07, 6.45) is 4.72. The predicted octanol–water partition coefficient (Wildman–Crippen LogP) is 5.23. The summed E-state index contributed by atoms with van der Waals surface area (Å²) in [5.74, 6) is 2.39. The number of piperidine rings is 1. The van der Waals surface area contributed by atoms with Crippen molar-refractivity contribution in [3.05, 3.63) is 53.9 Å². The number of carbonyl (C=O) groups excluding carboxylic acids is 1. The summed E-state index contributed by atoms with van der Waals surface area (Å²) in [5.41, 5.74) is 4.28. The van der Waals surface area contributed by atoms with Gasteiger partial charge in [0.15, 0.2) is 0 Å². The second kappa shape index (κ2) is 11.2. The van der Waals surface area contributed by atoms with Gasteiger partial charge in [-0.1, -0.05) is 12.1 Å². The first-order valence-electron chi connectivity index (χ1n) is 13.8. The summed E-state index contributed by atoms with van der Waals surface area (Å²) in [6, 6.07) is 9.91. The summed E-state index contributed by atoms with van der Waals surface area (Å²) in [6.45, 7) is 11.8. The number of nitrogens with one attached hydrogen (secondary N) is 3. The number of carbonyl (C=O) groups is 1. The zero-order valence-corrected chi connectivity index (χ0v) is 24.5. The van der Waals surface area contributed by atoms with E-state index in [1.54, 1.807) is 19.5 Å². The molecule has 3 N–H and O–H groups in total. The molecule has 0 bridgehead atoms. The van der Waals surface area contributed by atoms with Crippen LogP contribution < -0.4 is 20.3 Å². The van der Waals surface area contributed by atoms with Gasteiger partial charge in [0.05, 0.1) is 19.0 Å². The number of benzene rings is 1. The number of amides is 1. The van der Waals surface area contributed by atoms with Gasteiger partial charge in [-0.25, -0.2) is 19.7 Å². The van der Waals surface area contributed by atoms with Crippen LogP contribution in [0.4, 0.5) is 16.4 Å². The van der Waals surface area contributed by atoms with E-state index >= 15 is 0 Å². The molecular formula is C30H38N8O3. The average molecular weight is 559 g/mol. The fourth-order valence-electron chi connectivity index (χ4n) is 4.94. The molecule has 1 aromatic carbocycles. The van der Waals surface area contributed by atoms with E-state index in [4.69, 9.17) is 19.4 Å². The first-order chi connectivity index (χ1) is 19.5. The van der Waals surface area contributed by atoms with Crippen molar-refractivity contribution in [2.24, 2.45) is 0 Å². The van der Waals surface area contributed by atoms with Crippen molar-refractivity contribution in [1.29, 1.82) is 0 Å². The number of anilines is 2. The number of aromatic nitrogens is 5. The fraction of sp³-hybridized carbons (Fsp3) is 0.433. The normalized spacial score (nSPS) is 15.0. The Hall–Kier alpha value is -4.41. The molecule has 1 aliphatic rings. The quantitative estimate of drug-likeness (QED) is 0.279. The number of methoxy groups -OCH3 is 1. The van der Waals surface area contributed by atoms with Crippen LogP contribution >= 0.6 is 0 Å². The topological polar surface area (TPSA) is 130 Å². The maximum atomic E-state index is 12.3. The Morgan fingerprint density at radius 2 is 1.85 bits per heavy atom. The molecule has 1 amide bonds. The van der Waals surface area contributed by atoms with Crippen molar-refractivity contribution >= 4 is 28.9 Å². The molecule has 4 aromatic rings. The number of hydrogen-bond donors (Lipinski definition) is 3. The van der Waals surface area contributed by atoms with Crippen LogP contribution in [0.15, 0.2) is 42.7 Å². The van der Waals surface area contributed by atoms with Gasteiger partial charge in [0, 0.05) is 42.5 Å². The number of aromatic amines is 1. The standard InChI is InChI=1S/C30H38N8O3/c1-19-22(11-14-31-26(19)33-17-20-7-9-21(40-6)10-8-20)24-25-27(37-36-24)34-23(18-32-25)38-15-12-30(5,13-16-38)35-28(39)41-29(2,3)4/h7-11,14,18H,12-13,15-17H2,1-6H3,(H,31,33)(H,35,39)(H,34,36,37). The Morgan fingerprint density at radius 3 is 2.54 bits per heavy atom. The molecule has 5 rings (SSSR count). The Kier molecular flexibility index (Phi) is 7.70. The Bertz CT molecular complexity index is 1520. The van der Waals surface area contributed by atoms with Gasteiger partial charge in [0.25, 0.3) is 0 Å². The van der Waals surface area contributed by atoms with Crippen molar-refractivity contribution < 1.29 is 14.3 Å². The molecule has 11 heteroatoms. The molecule has 0 unspecified atom stereocenters. The van der Waals surface area contributed by atoms with Crippen molar-refractivity contribution in [3.63, 3.8) is 0 Å². The molecule has 1 aliphatic heterocycles. The van der Waals surface area contributed by atoms with Gasteiger partial charge >= 0.3 is 6.09 Å². The Labute approximate surface area is 240 Å². The second-order valence-corrected chi connectivity index (χ2v) is 11.7. The van der Waals surface area contributed by atoms with Crippen molar-refractivity contribution in [1.82, 2.24) is 30.5 Å². The lowest BCUT2D eigenvalue weighted by Gasteiger charge is -2.40. The lowest BCUT2D eigenvalue weighted by atomic mass is 9.90. The van der Waals surface area contributed by atoms with E-state index in [0.717, 1.165) is 65.7 Å². The zero-order chi connectivity index (χ0) is 29.2. The van der Waals surface area contributed by atoms with Crippen molar-refractivity contribution in [3.8, 4) is 17.0 Å². The highest BCUT2D eigenvalue weighted by molar-refractivity contribution is 5.89. The predicted molar refractivity (Wildman–Crippen MR) is 159 cm³/mol. The van der Waals surface area contributed by atoms with Crippen molar-refractivity contribution in [2.75, 3.05) is 30.4 Å².